The summed E-state index contributed by atoms with van der Waals surface area (Å²) in [5, 5.41) is 6.96. The molecule has 1 aliphatic rings. The molecule has 0 unspecified atom stereocenters. The number of likely N-dealkylation sites (tertiary alicyclic amines) is 1. The molecule has 3 heterocycles. The van der Waals surface area contributed by atoms with Crippen LogP contribution < -0.4 is 15.4 Å². The highest BCUT2D eigenvalue weighted by molar-refractivity contribution is 7.17. The van der Waals surface area contributed by atoms with Crippen molar-refractivity contribution in [2.24, 2.45) is 0 Å². The van der Waals surface area contributed by atoms with Gasteiger partial charge < -0.3 is 20.3 Å². The summed E-state index contributed by atoms with van der Waals surface area (Å²) in [7, 11) is 0. The number of benzene rings is 1. The van der Waals surface area contributed by atoms with Crippen LogP contribution in [0.1, 0.15) is 40.8 Å². The molecular weight excluding hydrogens is 476 g/mol. The summed E-state index contributed by atoms with van der Waals surface area (Å²) in [4.78, 5) is 39.5. The summed E-state index contributed by atoms with van der Waals surface area (Å²) in [6, 6.07) is 7.15. The van der Waals surface area contributed by atoms with Gasteiger partial charge in [0.05, 0.1) is 16.9 Å². The van der Waals surface area contributed by atoms with Gasteiger partial charge >= 0.3 is 0 Å². The lowest BCUT2D eigenvalue weighted by atomic mass is 10.1. The van der Waals surface area contributed by atoms with Crippen molar-refractivity contribution in [3.05, 3.63) is 51.7 Å². The number of amides is 2. The molecular formula is C23H25ClN6O3S. The van der Waals surface area contributed by atoms with Gasteiger partial charge in [-0.25, -0.2) is 9.97 Å². The molecule has 3 aromatic rings. The summed E-state index contributed by atoms with van der Waals surface area (Å²) in [6.45, 7) is 6.59. The normalized spacial score (nSPS) is 14.1. The molecule has 2 N–H and O–H groups in total. The summed E-state index contributed by atoms with van der Waals surface area (Å²) >= 11 is 7.41. The number of ether oxygens (including phenoxy) is 1. The second-order valence-corrected chi connectivity index (χ2v) is 9.44. The highest BCUT2D eigenvalue weighted by Crippen LogP contribution is 2.28. The number of piperidine rings is 1. The summed E-state index contributed by atoms with van der Waals surface area (Å²) in [5.41, 5.74) is 1.46. The summed E-state index contributed by atoms with van der Waals surface area (Å²) in [6.07, 6.45) is 2.99. The Hall–Kier alpha value is -3.24. The first-order chi connectivity index (χ1) is 16.3. The zero-order chi connectivity index (χ0) is 24.2. The highest BCUT2D eigenvalue weighted by Gasteiger charge is 2.23. The van der Waals surface area contributed by atoms with E-state index in [0.717, 1.165) is 18.4 Å². The number of halogens is 1. The Morgan fingerprint density at radius 3 is 2.68 bits per heavy atom. The topological polar surface area (TPSA) is 109 Å². The zero-order valence-corrected chi connectivity index (χ0v) is 20.7. The lowest BCUT2D eigenvalue weighted by molar-refractivity contribution is -0.130. The van der Waals surface area contributed by atoms with Crippen LogP contribution >= 0.6 is 22.9 Å². The molecule has 0 aliphatic carbocycles. The first-order valence-electron chi connectivity index (χ1n) is 10.9. The number of hydrogen-bond acceptors (Lipinski definition) is 8. The van der Waals surface area contributed by atoms with E-state index < -0.39 is 0 Å². The summed E-state index contributed by atoms with van der Waals surface area (Å²) < 4.78 is 6.05. The van der Waals surface area contributed by atoms with Crippen molar-refractivity contribution in [2.45, 2.75) is 39.7 Å². The van der Waals surface area contributed by atoms with E-state index in [1.807, 2.05) is 24.0 Å². The van der Waals surface area contributed by atoms with Crippen LogP contribution in [0.15, 0.2) is 30.5 Å². The lowest BCUT2D eigenvalue weighted by Gasteiger charge is -2.31. The molecule has 2 aromatic heterocycles. The van der Waals surface area contributed by atoms with Gasteiger partial charge in [0, 0.05) is 38.9 Å². The van der Waals surface area contributed by atoms with Gasteiger partial charge in [-0.2, -0.15) is 4.98 Å². The van der Waals surface area contributed by atoms with Gasteiger partial charge in [0.15, 0.2) is 5.13 Å². The van der Waals surface area contributed by atoms with Crippen LogP contribution in [-0.2, 0) is 4.79 Å². The van der Waals surface area contributed by atoms with Gasteiger partial charge in [0.1, 0.15) is 22.6 Å². The van der Waals surface area contributed by atoms with Crippen LogP contribution in [0.25, 0.3) is 0 Å². The molecule has 34 heavy (non-hydrogen) atoms. The molecule has 11 heteroatoms. The van der Waals surface area contributed by atoms with Crippen molar-refractivity contribution < 1.29 is 14.3 Å². The molecule has 0 radical (unpaired) electrons. The van der Waals surface area contributed by atoms with Gasteiger partial charge in [0.2, 0.25) is 11.8 Å². The van der Waals surface area contributed by atoms with Crippen molar-refractivity contribution in [2.75, 3.05) is 23.7 Å². The van der Waals surface area contributed by atoms with E-state index in [0.29, 0.717) is 51.3 Å². The van der Waals surface area contributed by atoms with Gasteiger partial charge in [-0.05, 0) is 25.5 Å². The van der Waals surface area contributed by atoms with Crippen molar-refractivity contribution >= 4 is 51.4 Å². The minimum atomic E-state index is -0.290. The standard InChI is InChI=1S/C23H25ClN6O3S/c1-13-5-4-6-17(24)21(13)29-22(32)18-12-25-23(34-18)28-19-11-20(27-14(2)26-19)33-16-7-9-30(10-8-16)15(3)31/h4-6,11-12,16H,7-10H2,1-3H3,(H,29,32)(H,25,26,27,28). The van der Waals surface area contributed by atoms with Gasteiger partial charge in [0.25, 0.3) is 5.91 Å². The van der Waals surface area contributed by atoms with Crippen LogP contribution in [-0.4, -0.2) is 50.9 Å². The number of aryl methyl sites for hydroxylation is 2. The van der Waals surface area contributed by atoms with Crippen LogP contribution in [0.2, 0.25) is 5.02 Å². The number of aromatic nitrogens is 3. The van der Waals surface area contributed by atoms with E-state index in [1.54, 1.807) is 26.0 Å². The molecule has 9 nitrogen and oxygen atoms in total. The Kier molecular flexibility index (Phi) is 7.28. The molecule has 1 aromatic carbocycles. The molecule has 0 bridgehead atoms. The van der Waals surface area contributed by atoms with Gasteiger partial charge in [-0.3, -0.25) is 9.59 Å². The lowest BCUT2D eigenvalue weighted by Crippen LogP contribution is -2.40. The largest absolute Gasteiger partial charge is 0.474 e. The van der Waals surface area contributed by atoms with E-state index >= 15 is 0 Å². The van der Waals surface area contributed by atoms with Crippen LogP contribution in [0, 0.1) is 13.8 Å². The highest BCUT2D eigenvalue weighted by atomic mass is 35.5. The fourth-order valence-electron chi connectivity index (χ4n) is 3.64. The minimum absolute atomic E-state index is 0.0128. The number of nitrogens with zero attached hydrogens (tertiary/aromatic N) is 4. The second kappa shape index (κ2) is 10.4. The van der Waals surface area contributed by atoms with E-state index in [-0.39, 0.29) is 17.9 Å². The third-order valence-electron chi connectivity index (χ3n) is 5.41. The number of thiazole rings is 1. The number of anilines is 3. The Morgan fingerprint density at radius 2 is 1.97 bits per heavy atom. The Balaban J connectivity index is 1.40. The zero-order valence-electron chi connectivity index (χ0n) is 19.1. The van der Waals surface area contributed by atoms with E-state index in [1.165, 1.54) is 17.5 Å². The maximum absolute atomic E-state index is 12.7. The fraction of sp³-hybridized carbons (Fsp3) is 0.348. The smallest absolute Gasteiger partial charge is 0.267 e. The molecule has 4 rings (SSSR count). The molecule has 1 aliphatic heterocycles. The fourth-order valence-corrected chi connectivity index (χ4v) is 4.62. The predicted octanol–water partition coefficient (Wildman–Crippen LogP) is 4.59. The van der Waals surface area contributed by atoms with Crippen molar-refractivity contribution in [3.8, 4) is 5.88 Å². The Labute approximate surface area is 206 Å². The number of hydrogen-bond donors (Lipinski definition) is 2. The molecule has 2 amide bonds. The van der Waals surface area contributed by atoms with E-state index in [4.69, 9.17) is 16.3 Å². The molecule has 0 saturated carbocycles. The van der Waals surface area contributed by atoms with Crippen LogP contribution in [0.4, 0.5) is 16.6 Å². The molecule has 178 valence electrons. The van der Waals surface area contributed by atoms with Crippen molar-refractivity contribution in [1.29, 1.82) is 0 Å². The number of carbonyl (C=O) groups is 2. The molecule has 1 fully saturated rings. The molecule has 0 atom stereocenters. The summed E-state index contributed by atoms with van der Waals surface area (Å²) in [5.74, 6) is 1.32. The second-order valence-electron chi connectivity index (χ2n) is 8.00. The minimum Gasteiger partial charge on any atom is -0.474 e. The Bertz CT molecular complexity index is 1190. The first-order valence-corrected chi connectivity index (χ1v) is 12.0. The van der Waals surface area contributed by atoms with Crippen molar-refractivity contribution in [1.82, 2.24) is 19.9 Å². The van der Waals surface area contributed by atoms with Crippen LogP contribution in [0.5, 0.6) is 5.88 Å². The molecule has 0 spiro atoms. The predicted molar refractivity (Wildman–Crippen MR) is 132 cm³/mol. The number of para-hydroxylation sites is 1. The molecule has 1 saturated heterocycles. The van der Waals surface area contributed by atoms with Crippen molar-refractivity contribution in [3.63, 3.8) is 0 Å². The van der Waals surface area contributed by atoms with Crippen LogP contribution in [0.3, 0.4) is 0 Å². The van der Waals surface area contributed by atoms with Gasteiger partial charge in [-0.15, -0.1) is 0 Å². The number of carbonyl (C=O) groups excluding carboxylic acids is 2. The average molecular weight is 501 g/mol. The maximum atomic E-state index is 12.7. The SMILES string of the molecule is CC(=O)N1CCC(Oc2cc(Nc3ncc(C(=O)Nc4c(C)cccc4Cl)s3)nc(C)n2)CC1. The Morgan fingerprint density at radius 1 is 1.21 bits per heavy atom. The van der Waals surface area contributed by atoms with E-state index in [9.17, 15) is 9.59 Å². The average Bonchev–Trinajstić information content (AvgIpc) is 3.25. The maximum Gasteiger partial charge on any atom is 0.267 e. The third-order valence-corrected chi connectivity index (χ3v) is 6.64. The quantitative estimate of drug-likeness (QED) is 0.509. The monoisotopic (exact) mass is 500 g/mol. The first kappa shape index (κ1) is 23.9. The number of rotatable bonds is 6. The van der Waals surface area contributed by atoms with E-state index in [2.05, 4.69) is 25.6 Å². The van der Waals surface area contributed by atoms with Gasteiger partial charge in [-0.1, -0.05) is 35.1 Å². The third kappa shape index (κ3) is 5.81. The number of nitrogens with one attached hydrogen (secondary N) is 2.